The number of unbranched alkanes of at least 4 members (excludes halogenated alkanes) is 11. The van der Waals surface area contributed by atoms with Crippen LogP contribution in [0.4, 0.5) is 0 Å². The molecule has 0 aromatic carbocycles. The Morgan fingerprint density at radius 3 is 1.55 bits per heavy atom. The van der Waals surface area contributed by atoms with Crippen LogP contribution in [0.2, 0.25) is 0 Å². The van der Waals surface area contributed by atoms with E-state index in [0.717, 1.165) is 122 Å². The van der Waals surface area contributed by atoms with Crippen LogP contribution in [-0.2, 0) is 66.6 Å². The van der Waals surface area contributed by atoms with E-state index >= 15 is 0 Å². The SMILES string of the molecule is CCC/C=C/COC(CCC(=O)OCCCC(=O)OCC(COC(O)CCCOC(=O)CCC(OCCC#CCCCC)OCCC#CCCCCC)N(CCCN(C)C)C(=O)CCC(=O)OC(CCC)CCCCCC)OCCC#CCCCC. The molecule has 0 bridgehead atoms. The molecule has 5 unspecified atom stereocenters. The second kappa shape index (κ2) is 60.8. The molecule has 17 heteroatoms. The summed E-state index contributed by atoms with van der Waals surface area (Å²) < 4.78 is 52.3. The zero-order valence-corrected chi connectivity index (χ0v) is 55.0. The number of carbonyl (C=O) groups excluding carboxylic acids is 5. The maximum Gasteiger partial charge on any atom is 0.306 e. The maximum absolute atomic E-state index is 14.2. The lowest BCUT2D eigenvalue weighted by atomic mass is 10.1. The lowest BCUT2D eigenvalue weighted by molar-refractivity contribution is -0.160. The van der Waals surface area contributed by atoms with Gasteiger partial charge >= 0.3 is 23.9 Å². The van der Waals surface area contributed by atoms with Crippen LogP contribution in [0.3, 0.4) is 0 Å². The number of allylic oxidation sites excluding steroid dienone is 1. The van der Waals surface area contributed by atoms with Gasteiger partial charge < -0.3 is 57.5 Å². The van der Waals surface area contributed by atoms with Crippen molar-refractivity contribution in [2.75, 3.05) is 80.0 Å². The smallest absolute Gasteiger partial charge is 0.306 e. The molecule has 17 nitrogen and oxygen atoms in total. The summed E-state index contributed by atoms with van der Waals surface area (Å²) in [5.74, 6) is 16.7. The summed E-state index contributed by atoms with van der Waals surface area (Å²) in [7, 11) is 3.85. The minimum absolute atomic E-state index is 0.0153. The maximum atomic E-state index is 14.2. The van der Waals surface area contributed by atoms with Gasteiger partial charge in [0.2, 0.25) is 5.91 Å². The van der Waals surface area contributed by atoms with Gasteiger partial charge in [0.15, 0.2) is 18.9 Å². The first kappa shape index (κ1) is 81.5. The van der Waals surface area contributed by atoms with E-state index in [4.69, 9.17) is 42.6 Å². The lowest BCUT2D eigenvalue weighted by Crippen LogP contribution is -2.47. The molecular weight excluding hydrogens is 1100 g/mol. The van der Waals surface area contributed by atoms with Crippen LogP contribution in [0.1, 0.15) is 253 Å². The Labute approximate surface area is 521 Å². The Morgan fingerprint density at radius 2 is 0.977 bits per heavy atom. The van der Waals surface area contributed by atoms with Crippen LogP contribution in [-0.4, -0.2) is 156 Å². The van der Waals surface area contributed by atoms with Gasteiger partial charge in [0.05, 0.1) is 71.6 Å². The average molecular weight is 1220 g/mol. The third-order valence-corrected chi connectivity index (χ3v) is 13.5. The number of amides is 1. The summed E-state index contributed by atoms with van der Waals surface area (Å²) in [6, 6.07) is -0.836. The molecule has 0 aliphatic heterocycles. The Hall–Kier alpha value is -4.51. The molecule has 0 aromatic heterocycles. The Balaban J connectivity index is 5.84. The zero-order valence-electron chi connectivity index (χ0n) is 55.0. The average Bonchev–Trinajstić information content (AvgIpc) is 3.63. The van der Waals surface area contributed by atoms with Gasteiger partial charge in [-0.25, -0.2) is 0 Å². The second-order valence-corrected chi connectivity index (χ2v) is 21.9. The van der Waals surface area contributed by atoms with Gasteiger partial charge in [0.25, 0.3) is 0 Å². The molecule has 86 heavy (non-hydrogen) atoms. The molecule has 0 aliphatic rings. The summed E-state index contributed by atoms with van der Waals surface area (Å²) in [6.07, 6.45) is 23.3. The van der Waals surface area contributed by atoms with E-state index in [9.17, 15) is 29.1 Å². The van der Waals surface area contributed by atoms with Crippen molar-refractivity contribution in [3.63, 3.8) is 0 Å². The van der Waals surface area contributed by atoms with Crippen LogP contribution >= 0.6 is 0 Å². The van der Waals surface area contributed by atoms with Crippen LogP contribution in [0.25, 0.3) is 0 Å². The van der Waals surface area contributed by atoms with Crippen molar-refractivity contribution >= 4 is 29.8 Å². The molecule has 0 aromatic rings. The number of esters is 4. The number of hydrogen-bond donors (Lipinski definition) is 1. The number of aliphatic hydroxyl groups is 1. The van der Waals surface area contributed by atoms with Gasteiger partial charge in [0.1, 0.15) is 12.7 Å². The van der Waals surface area contributed by atoms with E-state index in [2.05, 4.69) is 83.1 Å². The molecule has 0 rings (SSSR count). The molecule has 0 spiro atoms. The fourth-order valence-corrected chi connectivity index (χ4v) is 8.50. The van der Waals surface area contributed by atoms with Gasteiger partial charge in [-0.1, -0.05) is 111 Å². The summed E-state index contributed by atoms with van der Waals surface area (Å²) in [4.78, 5) is 69.9. The standard InChI is InChI=1S/C69H118N2O15/c1-9-15-20-25-28-31-36-55-83-69(82-54-35-30-27-22-17-11-3)49-47-66(76)79-57-38-43-64(74)85-59-60(71(51-39-50-70(7)8)62(72)44-45-67(77)86-61(40-14-6)41-32-23-18-12-4)58-84-63(73)42-37-56-78-65(75)46-48-68(80-52-33-24-19-13-5)81-53-34-29-26-21-16-10-2/h24,33,60-61,64,68-69,74H,9-23,25,32,34-59H2,1-8H3/b33-24+. The number of nitrogens with zero attached hydrogens (tertiary/aromatic N) is 2. The summed E-state index contributed by atoms with van der Waals surface area (Å²) in [6.45, 7) is 14.7. The highest BCUT2D eigenvalue weighted by molar-refractivity contribution is 5.81. The minimum atomic E-state index is -1.31. The summed E-state index contributed by atoms with van der Waals surface area (Å²) in [5, 5.41) is 11.1. The topological polar surface area (TPSA) is 195 Å². The number of hydrogen-bond acceptors (Lipinski definition) is 16. The highest BCUT2D eigenvalue weighted by Gasteiger charge is 2.28. The molecule has 494 valence electrons. The number of ether oxygens (including phenoxy) is 9. The predicted octanol–water partition coefficient (Wildman–Crippen LogP) is 12.9. The third kappa shape index (κ3) is 52.6. The van der Waals surface area contributed by atoms with E-state index < -0.39 is 48.8 Å². The van der Waals surface area contributed by atoms with Crippen molar-refractivity contribution in [2.45, 2.75) is 284 Å². The molecule has 0 saturated heterocycles. The fourth-order valence-electron chi connectivity index (χ4n) is 8.50. The number of rotatable bonds is 56. The largest absolute Gasteiger partial charge is 0.466 e. The van der Waals surface area contributed by atoms with Crippen molar-refractivity contribution in [1.29, 1.82) is 0 Å². The van der Waals surface area contributed by atoms with Crippen LogP contribution in [0, 0.1) is 35.5 Å². The van der Waals surface area contributed by atoms with Gasteiger partial charge in [-0.15, -0.1) is 35.5 Å². The molecule has 1 amide bonds. The van der Waals surface area contributed by atoms with Gasteiger partial charge in [0, 0.05) is 77.2 Å². The van der Waals surface area contributed by atoms with Crippen molar-refractivity contribution in [2.24, 2.45) is 0 Å². The normalized spacial score (nSPS) is 12.9. The zero-order chi connectivity index (χ0) is 63.4. The van der Waals surface area contributed by atoms with Crippen LogP contribution < -0.4 is 0 Å². The van der Waals surface area contributed by atoms with E-state index in [1.165, 1.54) is 0 Å². The van der Waals surface area contributed by atoms with Crippen molar-refractivity contribution in [3.8, 4) is 35.5 Å². The molecule has 0 saturated carbocycles. The van der Waals surface area contributed by atoms with E-state index in [0.29, 0.717) is 71.5 Å². The van der Waals surface area contributed by atoms with Crippen LogP contribution in [0.15, 0.2) is 12.2 Å². The third-order valence-electron chi connectivity index (χ3n) is 13.5. The van der Waals surface area contributed by atoms with Gasteiger partial charge in [-0.05, 0) is 84.8 Å². The molecule has 0 aliphatic carbocycles. The van der Waals surface area contributed by atoms with E-state index in [1.807, 2.05) is 25.1 Å². The first-order chi connectivity index (χ1) is 41.8. The molecule has 0 fully saturated rings. The predicted molar refractivity (Wildman–Crippen MR) is 339 cm³/mol. The summed E-state index contributed by atoms with van der Waals surface area (Å²) >= 11 is 0. The van der Waals surface area contributed by atoms with Crippen molar-refractivity contribution in [3.05, 3.63) is 12.2 Å². The monoisotopic (exact) mass is 1210 g/mol. The minimum Gasteiger partial charge on any atom is -0.466 e. The quantitative estimate of drug-likeness (QED) is 0.0151. The highest BCUT2D eigenvalue weighted by Crippen LogP contribution is 2.17. The molecule has 5 atom stereocenters. The molecule has 0 heterocycles. The second-order valence-electron chi connectivity index (χ2n) is 21.9. The van der Waals surface area contributed by atoms with Crippen molar-refractivity contribution < 1.29 is 71.7 Å². The number of carbonyl (C=O) groups is 5. The Morgan fingerprint density at radius 1 is 0.430 bits per heavy atom. The van der Waals surface area contributed by atoms with Gasteiger partial charge in [-0.2, -0.15) is 0 Å². The number of aliphatic hydroxyl groups excluding tert-OH is 1. The summed E-state index contributed by atoms with van der Waals surface area (Å²) in [5.41, 5.74) is 0. The molecular formula is C69H118N2O15. The Kier molecular flexibility index (Phi) is 57.6. The van der Waals surface area contributed by atoms with E-state index in [1.54, 1.807) is 4.90 Å². The molecule has 0 radical (unpaired) electrons. The molecule has 1 N–H and O–H groups in total. The van der Waals surface area contributed by atoms with Crippen LogP contribution in [0.5, 0.6) is 0 Å². The van der Waals surface area contributed by atoms with Crippen molar-refractivity contribution in [1.82, 2.24) is 9.80 Å². The first-order valence-corrected chi connectivity index (χ1v) is 33.2. The fraction of sp³-hybridized carbons (Fsp3) is 0.812. The van der Waals surface area contributed by atoms with Gasteiger partial charge in [-0.3, -0.25) is 24.0 Å². The highest BCUT2D eigenvalue weighted by atomic mass is 16.7. The Bertz CT molecular complexity index is 1910. The lowest BCUT2D eigenvalue weighted by Gasteiger charge is -2.32. The van der Waals surface area contributed by atoms with E-state index in [-0.39, 0.29) is 96.4 Å². The first-order valence-electron chi connectivity index (χ1n) is 33.2.